The third kappa shape index (κ3) is 5.28. The molecule has 0 radical (unpaired) electrons. The molecule has 0 amide bonds. The van der Waals surface area contributed by atoms with Crippen LogP contribution in [0.15, 0.2) is 72.9 Å². The average molecular weight is 586 g/mol. The second-order valence-corrected chi connectivity index (χ2v) is 12.7. The fourth-order valence-electron chi connectivity index (χ4n) is 5.58. The van der Waals surface area contributed by atoms with Crippen LogP contribution in [0.5, 0.6) is 5.75 Å². The highest BCUT2D eigenvalue weighted by atomic mass is 32.2. The molecule has 1 aliphatic heterocycles. The number of carboxylic acids is 1. The summed E-state index contributed by atoms with van der Waals surface area (Å²) in [5, 5.41) is 17.0. The summed E-state index contributed by atoms with van der Waals surface area (Å²) in [6.45, 7) is 2.57. The normalized spacial score (nSPS) is 15.9. The fraction of sp³-hybridized carbons (Fsp3) is 0.258. The molecule has 3 heterocycles. The van der Waals surface area contributed by atoms with Gasteiger partial charge in [-0.1, -0.05) is 36.4 Å². The lowest BCUT2D eigenvalue weighted by molar-refractivity contribution is -0.136. The van der Waals surface area contributed by atoms with Gasteiger partial charge in [-0.2, -0.15) is 9.40 Å². The van der Waals surface area contributed by atoms with Crippen LogP contribution < -0.4 is 10.5 Å². The van der Waals surface area contributed by atoms with Crippen LogP contribution in [-0.2, 0) is 27.8 Å². The second kappa shape index (κ2) is 11.1. The van der Waals surface area contributed by atoms with Crippen molar-refractivity contribution >= 4 is 43.5 Å². The Labute approximate surface area is 243 Å². The van der Waals surface area contributed by atoms with Gasteiger partial charge in [0.1, 0.15) is 23.9 Å². The molecule has 3 N–H and O–H groups in total. The van der Waals surface area contributed by atoms with E-state index in [1.807, 2.05) is 41.1 Å². The molecule has 1 saturated heterocycles. The molecule has 0 bridgehead atoms. The molecule has 1 aliphatic rings. The van der Waals surface area contributed by atoms with Crippen molar-refractivity contribution in [2.45, 2.75) is 32.4 Å². The summed E-state index contributed by atoms with van der Waals surface area (Å²) in [5.41, 5.74) is 10.2. The molecule has 0 spiro atoms. The number of rotatable bonds is 9. The van der Waals surface area contributed by atoms with E-state index >= 15 is 0 Å². The number of nitrogens with two attached hydrogens (primary N) is 1. The van der Waals surface area contributed by atoms with Crippen LogP contribution in [-0.4, -0.2) is 57.4 Å². The van der Waals surface area contributed by atoms with Crippen molar-refractivity contribution in [3.63, 3.8) is 0 Å². The number of hydrogen-bond donors (Lipinski definition) is 2. The molecule has 6 rings (SSSR count). The molecule has 2 aromatic heterocycles. The first-order valence-electron chi connectivity index (χ1n) is 13.8. The van der Waals surface area contributed by atoms with E-state index in [9.17, 15) is 18.3 Å². The van der Waals surface area contributed by atoms with Crippen molar-refractivity contribution < 1.29 is 23.1 Å². The standard InChI is InChI=1S/C31H31N5O5S/c1-2-42(39,40)35-14-12-24(18-35)36-28-10-9-22(21-8-7-20-11-13-33-31(32)25(20)15-21)16-26(28)27(34-36)19-41-29-6-4-3-5-23(29)17-30(37)38/h3-11,13,15-16,24H,2,12,14,17-19H2,1H3,(H2,32,33)(H,37,38). The van der Waals surface area contributed by atoms with E-state index in [0.717, 1.165) is 32.8 Å². The zero-order valence-electron chi connectivity index (χ0n) is 23.1. The molecular formula is C31H31N5O5S. The number of anilines is 1. The zero-order valence-corrected chi connectivity index (χ0v) is 23.9. The van der Waals surface area contributed by atoms with Gasteiger partial charge in [0.25, 0.3) is 0 Å². The van der Waals surface area contributed by atoms with Gasteiger partial charge in [-0.05, 0) is 60.2 Å². The summed E-state index contributed by atoms with van der Waals surface area (Å²) in [6.07, 6.45) is 2.18. The van der Waals surface area contributed by atoms with Crippen LogP contribution in [0.4, 0.5) is 5.82 Å². The SMILES string of the molecule is CCS(=O)(=O)N1CCC(n2nc(COc3ccccc3CC(=O)O)c3cc(-c4ccc5ccnc(N)c5c4)ccc32)C1. The van der Waals surface area contributed by atoms with Crippen molar-refractivity contribution in [1.29, 1.82) is 0 Å². The zero-order chi connectivity index (χ0) is 29.4. The molecule has 5 aromatic rings. The number of pyridine rings is 1. The number of ether oxygens (including phenoxy) is 1. The van der Waals surface area contributed by atoms with E-state index in [2.05, 4.69) is 11.1 Å². The number of nitrogen functional groups attached to an aromatic ring is 1. The number of carbonyl (C=O) groups is 1. The maximum absolute atomic E-state index is 12.6. The topological polar surface area (TPSA) is 141 Å². The Hall–Kier alpha value is -4.48. The lowest BCUT2D eigenvalue weighted by atomic mass is 10.00. The molecule has 0 saturated carbocycles. The molecule has 1 unspecified atom stereocenters. The number of carboxylic acid groups (broad SMARTS) is 1. The Morgan fingerprint density at radius 2 is 1.83 bits per heavy atom. The summed E-state index contributed by atoms with van der Waals surface area (Å²) < 4.78 is 34.7. The van der Waals surface area contributed by atoms with Gasteiger partial charge in [-0.25, -0.2) is 13.4 Å². The van der Waals surface area contributed by atoms with Crippen LogP contribution in [0.25, 0.3) is 32.8 Å². The van der Waals surface area contributed by atoms with Crippen molar-refractivity contribution in [2.24, 2.45) is 0 Å². The molecular weight excluding hydrogens is 554 g/mol. The average Bonchev–Trinajstić information content (AvgIpc) is 3.62. The van der Waals surface area contributed by atoms with Gasteiger partial charge >= 0.3 is 5.97 Å². The summed E-state index contributed by atoms with van der Waals surface area (Å²) in [4.78, 5) is 15.6. The molecule has 1 fully saturated rings. The lowest BCUT2D eigenvalue weighted by Gasteiger charge is -2.16. The van der Waals surface area contributed by atoms with Gasteiger partial charge in [0, 0.05) is 35.6 Å². The highest BCUT2D eigenvalue weighted by molar-refractivity contribution is 7.89. The Kier molecular flexibility index (Phi) is 7.29. The van der Waals surface area contributed by atoms with E-state index in [-0.39, 0.29) is 24.8 Å². The van der Waals surface area contributed by atoms with Crippen LogP contribution in [0.2, 0.25) is 0 Å². The fourth-order valence-corrected chi connectivity index (χ4v) is 6.73. The number of aromatic nitrogens is 3. The molecule has 1 atom stereocenters. The number of sulfonamides is 1. The van der Waals surface area contributed by atoms with Crippen molar-refractivity contribution in [3.8, 4) is 16.9 Å². The third-order valence-electron chi connectivity index (χ3n) is 7.82. The smallest absolute Gasteiger partial charge is 0.307 e. The Balaban J connectivity index is 1.40. The predicted molar refractivity (Wildman–Crippen MR) is 162 cm³/mol. The monoisotopic (exact) mass is 585 g/mol. The Morgan fingerprint density at radius 3 is 2.62 bits per heavy atom. The maximum Gasteiger partial charge on any atom is 0.307 e. The third-order valence-corrected chi connectivity index (χ3v) is 9.67. The first-order chi connectivity index (χ1) is 20.2. The Morgan fingerprint density at radius 1 is 1.07 bits per heavy atom. The number of hydrogen-bond acceptors (Lipinski definition) is 7. The quantitative estimate of drug-likeness (QED) is 0.255. The summed E-state index contributed by atoms with van der Waals surface area (Å²) in [5.74, 6) is 0.0656. The van der Waals surface area contributed by atoms with Gasteiger partial charge in [0.15, 0.2) is 0 Å². The van der Waals surface area contributed by atoms with E-state index in [1.165, 1.54) is 4.31 Å². The van der Waals surface area contributed by atoms with Gasteiger partial charge in [-0.15, -0.1) is 0 Å². The first kappa shape index (κ1) is 27.7. The summed E-state index contributed by atoms with van der Waals surface area (Å²) in [7, 11) is -3.31. The molecule has 42 heavy (non-hydrogen) atoms. The molecule has 3 aromatic carbocycles. The number of aliphatic carboxylic acids is 1. The highest BCUT2D eigenvalue weighted by Crippen LogP contribution is 2.34. The minimum absolute atomic E-state index is 0.0591. The summed E-state index contributed by atoms with van der Waals surface area (Å²) in [6, 6.07) is 21.0. The molecule has 10 nitrogen and oxygen atoms in total. The van der Waals surface area contributed by atoms with Crippen LogP contribution >= 0.6 is 0 Å². The van der Waals surface area contributed by atoms with Crippen molar-refractivity contribution in [3.05, 3.63) is 84.2 Å². The van der Waals surface area contributed by atoms with Gasteiger partial charge in [0.2, 0.25) is 10.0 Å². The largest absolute Gasteiger partial charge is 0.487 e. The van der Waals surface area contributed by atoms with E-state index in [1.54, 1.807) is 37.4 Å². The molecule has 216 valence electrons. The van der Waals surface area contributed by atoms with E-state index < -0.39 is 16.0 Å². The van der Waals surface area contributed by atoms with Crippen molar-refractivity contribution in [1.82, 2.24) is 19.1 Å². The van der Waals surface area contributed by atoms with Gasteiger partial charge < -0.3 is 15.6 Å². The Bertz CT molecular complexity index is 1920. The number of para-hydroxylation sites is 1. The lowest BCUT2D eigenvalue weighted by Crippen LogP contribution is -2.30. The van der Waals surface area contributed by atoms with Gasteiger partial charge in [-0.3, -0.25) is 9.48 Å². The minimum Gasteiger partial charge on any atom is -0.487 e. The van der Waals surface area contributed by atoms with Crippen LogP contribution in [0.3, 0.4) is 0 Å². The van der Waals surface area contributed by atoms with Crippen LogP contribution in [0.1, 0.15) is 30.6 Å². The number of benzene rings is 3. The second-order valence-electron chi connectivity index (χ2n) is 10.4. The highest BCUT2D eigenvalue weighted by Gasteiger charge is 2.33. The first-order valence-corrected chi connectivity index (χ1v) is 15.4. The minimum atomic E-state index is -3.31. The predicted octanol–water partition coefficient (Wildman–Crippen LogP) is 4.64. The maximum atomic E-state index is 12.6. The van der Waals surface area contributed by atoms with Crippen molar-refractivity contribution in [2.75, 3.05) is 24.6 Å². The van der Waals surface area contributed by atoms with Crippen LogP contribution in [0, 0.1) is 0 Å². The summed E-state index contributed by atoms with van der Waals surface area (Å²) >= 11 is 0. The number of nitrogens with zero attached hydrogens (tertiary/aromatic N) is 4. The molecule has 11 heteroatoms. The van der Waals surface area contributed by atoms with Gasteiger partial charge in [0.05, 0.1) is 23.7 Å². The van der Waals surface area contributed by atoms with E-state index in [4.69, 9.17) is 15.6 Å². The molecule has 0 aliphatic carbocycles. The number of fused-ring (bicyclic) bond motifs is 2. The van der Waals surface area contributed by atoms with E-state index in [0.29, 0.717) is 42.3 Å².